The number of aromatic nitrogens is 2. The van der Waals surface area contributed by atoms with Crippen LogP contribution in [0.1, 0.15) is 31.3 Å². The second kappa shape index (κ2) is 6.19. The van der Waals surface area contributed by atoms with Crippen LogP contribution in [0.25, 0.3) is 10.6 Å². The number of aromatic amines is 1. The first-order chi connectivity index (χ1) is 9.49. The van der Waals surface area contributed by atoms with Crippen molar-refractivity contribution in [3.8, 4) is 10.6 Å². The summed E-state index contributed by atoms with van der Waals surface area (Å²) in [5.41, 5.74) is 1.21. The zero-order valence-corrected chi connectivity index (χ0v) is 12.6. The molecule has 5 nitrogen and oxygen atoms in total. The van der Waals surface area contributed by atoms with Crippen LogP contribution >= 0.6 is 11.3 Å². The van der Waals surface area contributed by atoms with Crippen LogP contribution in [-0.4, -0.2) is 44.8 Å². The summed E-state index contributed by atoms with van der Waals surface area (Å²) in [6.45, 7) is 5.82. The Balaban J connectivity index is 2.19. The Morgan fingerprint density at radius 1 is 1.50 bits per heavy atom. The van der Waals surface area contributed by atoms with Crippen LogP contribution in [0.5, 0.6) is 0 Å². The molecule has 1 amide bonds. The van der Waals surface area contributed by atoms with Crippen molar-refractivity contribution in [1.82, 2.24) is 15.1 Å². The van der Waals surface area contributed by atoms with E-state index >= 15 is 0 Å². The summed E-state index contributed by atoms with van der Waals surface area (Å²) in [6, 6.07) is 5.70. The lowest BCUT2D eigenvalue weighted by molar-refractivity contribution is 0.0573. The topological polar surface area (TPSA) is 69.2 Å². The van der Waals surface area contributed by atoms with Gasteiger partial charge in [0.25, 0.3) is 5.91 Å². The van der Waals surface area contributed by atoms with Crippen molar-refractivity contribution in [1.29, 1.82) is 0 Å². The number of rotatable bonds is 5. The predicted octanol–water partition coefficient (Wildman–Crippen LogP) is 2.37. The van der Waals surface area contributed by atoms with Crippen LogP contribution in [0, 0.1) is 0 Å². The van der Waals surface area contributed by atoms with Gasteiger partial charge in [0, 0.05) is 12.6 Å². The summed E-state index contributed by atoms with van der Waals surface area (Å²) in [5, 5.41) is 18.5. The van der Waals surface area contributed by atoms with E-state index in [0.29, 0.717) is 12.2 Å². The van der Waals surface area contributed by atoms with Crippen LogP contribution in [0.4, 0.5) is 0 Å². The number of carbonyl (C=O) groups excluding carboxylic acids is 1. The number of amides is 1. The average Bonchev–Trinajstić information content (AvgIpc) is 3.04. The maximum absolute atomic E-state index is 12.4. The van der Waals surface area contributed by atoms with Crippen molar-refractivity contribution in [2.45, 2.75) is 32.9 Å². The van der Waals surface area contributed by atoms with E-state index in [1.165, 1.54) is 0 Å². The summed E-state index contributed by atoms with van der Waals surface area (Å²) in [5.74, 6) is -0.167. The fourth-order valence-electron chi connectivity index (χ4n) is 1.95. The maximum atomic E-state index is 12.4. The second-order valence-corrected chi connectivity index (χ2v) is 5.99. The van der Waals surface area contributed by atoms with Gasteiger partial charge in [-0.2, -0.15) is 5.10 Å². The molecule has 2 rings (SSSR count). The highest BCUT2D eigenvalue weighted by Crippen LogP contribution is 2.23. The second-order valence-electron chi connectivity index (χ2n) is 5.04. The molecule has 0 bridgehead atoms. The van der Waals surface area contributed by atoms with E-state index in [2.05, 4.69) is 10.2 Å². The molecule has 0 aliphatic carbocycles. The van der Waals surface area contributed by atoms with Crippen LogP contribution in [-0.2, 0) is 0 Å². The molecule has 2 aromatic heterocycles. The Bertz CT molecular complexity index is 561. The number of H-pyrrole nitrogens is 1. The monoisotopic (exact) mass is 293 g/mol. The maximum Gasteiger partial charge on any atom is 0.274 e. The van der Waals surface area contributed by atoms with Crippen molar-refractivity contribution in [2.24, 2.45) is 0 Å². The molecule has 0 radical (unpaired) electrons. The summed E-state index contributed by atoms with van der Waals surface area (Å²) in [7, 11) is 0. The van der Waals surface area contributed by atoms with E-state index < -0.39 is 6.10 Å². The summed E-state index contributed by atoms with van der Waals surface area (Å²) in [6.07, 6.45) is -0.558. The largest absolute Gasteiger partial charge is 0.392 e. The van der Waals surface area contributed by atoms with E-state index in [-0.39, 0.29) is 11.9 Å². The average molecular weight is 293 g/mol. The molecule has 0 aliphatic heterocycles. The van der Waals surface area contributed by atoms with Gasteiger partial charge in [0.1, 0.15) is 0 Å². The molecule has 2 heterocycles. The molecule has 20 heavy (non-hydrogen) atoms. The number of carbonyl (C=O) groups is 1. The molecule has 1 atom stereocenters. The number of thiophene rings is 1. The fraction of sp³-hybridized carbons (Fsp3) is 0.429. The number of aliphatic hydroxyl groups excluding tert-OH is 1. The van der Waals surface area contributed by atoms with Crippen LogP contribution in [0.3, 0.4) is 0 Å². The van der Waals surface area contributed by atoms with Gasteiger partial charge in [-0.05, 0) is 38.3 Å². The molecule has 0 aliphatic rings. The van der Waals surface area contributed by atoms with Gasteiger partial charge in [-0.3, -0.25) is 9.89 Å². The predicted molar refractivity (Wildman–Crippen MR) is 79.8 cm³/mol. The highest BCUT2D eigenvalue weighted by Gasteiger charge is 2.22. The van der Waals surface area contributed by atoms with Crippen LogP contribution in [0.15, 0.2) is 23.6 Å². The minimum Gasteiger partial charge on any atom is -0.392 e. The third kappa shape index (κ3) is 3.26. The Morgan fingerprint density at radius 3 is 2.80 bits per heavy atom. The first kappa shape index (κ1) is 14.7. The summed E-state index contributed by atoms with van der Waals surface area (Å²) >= 11 is 1.59. The Morgan fingerprint density at radius 2 is 2.25 bits per heavy atom. The van der Waals surface area contributed by atoms with E-state index in [9.17, 15) is 9.90 Å². The number of aliphatic hydroxyl groups is 1. The molecular formula is C14H19N3O2S. The van der Waals surface area contributed by atoms with Gasteiger partial charge in [0.15, 0.2) is 5.69 Å². The van der Waals surface area contributed by atoms with E-state index in [1.54, 1.807) is 29.2 Å². The first-order valence-corrected chi connectivity index (χ1v) is 7.45. The zero-order chi connectivity index (χ0) is 14.7. The molecular weight excluding hydrogens is 274 g/mol. The normalized spacial score (nSPS) is 12.7. The number of nitrogens with zero attached hydrogens (tertiary/aromatic N) is 2. The van der Waals surface area contributed by atoms with Crippen molar-refractivity contribution >= 4 is 17.2 Å². The molecule has 1 unspecified atom stereocenters. The highest BCUT2D eigenvalue weighted by molar-refractivity contribution is 7.13. The minimum atomic E-state index is -0.558. The van der Waals surface area contributed by atoms with Gasteiger partial charge in [0.05, 0.1) is 16.7 Å². The number of hydrogen-bond donors (Lipinski definition) is 2. The Kier molecular flexibility index (Phi) is 4.57. The molecule has 2 N–H and O–H groups in total. The zero-order valence-electron chi connectivity index (χ0n) is 11.8. The van der Waals surface area contributed by atoms with Gasteiger partial charge >= 0.3 is 0 Å². The van der Waals surface area contributed by atoms with Crippen molar-refractivity contribution in [3.05, 3.63) is 29.3 Å². The van der Waals surface area contributed by atoms with Gasteiger partial charge in [-0.25, -0.2) is 0 Å². The standard InChI is InChI=1S/C14H19N3O2S/c1-9(2)17(8-10(3)18)14(19)12-7-11(15-16-12)13-5-4-6-20-13/h4-7,9-10,18H,8H2,1-3H3,(H,15,16). The molecule has 108 valence electrons. The van der Waals surface area contributed by atoms with Crippen molar-refractivity contribution in [2.75, 3.05) is 6.54 Å². The third-order valence-corrected chi connectivity index (χ3v) is 3.83. The SMILES string of the molecule is CC(O)CN(C(=O)c1cc(-c2cccs2)[nH]n1)C(C)C. The molecule has 0 saturated heterocycles. The lowest BCUT2D eigenvalue weighted by Crippen LogP contribution is -2.41. The van der Waals surface area contributed by atoms with Gasteiger partial charge in [0.2, 0.25) is 0 Å². The minimum absolute atomic E-state index is 0.0130. The smallest absolute Gasteiger partial charge is 0.274 e. The van der Waals surface area contributed by atoms with Gasteiger partial charge < -0.3 is 10.0 Å². The molecule has 0 spiro atoms. The fourth-order valence-corrected chi connectivity index (χ4v) is 2.64. The molecule has 0 fully saturated rings. The highest BCUT2D eigenvalue weighted by atomic mass is 32.1. The van der Waals surface area contributed by atoms with Crippen molar-refractivity contribution in [3.63, 3.8) is 0 Å². The molecule has 0 aromatic carbocycles. The molecule has 6 heteroatoms. The number of hydrogen-bond acceptors (Lipinski definition) is 4. The van der Waals surface area contributed by atoms with E-state index in [4.69, 9.17) is 0 Å². The third-order valence-electron chi connectivity index (χ3n) is 2.93. The molecule has 0 saturated carbocycles. The Hall–Kier alpha value is -1.66. The van der Waals surface area contributed by atoms with E-state index in [0.717, 1.165) is 10.6 Å². The first-order valence-electron chi connectivity index (χ1n) is 6.57. The Labute approximate surface area is 122 Å². The lowest BCUT2D eigenvalue weighted by Gasteiger charge is -2.27. The van der Waals surface area contributed by atoms with Gasteiger partial charge in [-0.15, -0.1) is 11.3 Å². The summed E-state index contributed by atoms with van der Waals surface area (Å²) < 4.78 is 0. The quantitative estimate of drug-likeness (QED) is 0.889. The van der Waals surface area contributed by atoms with Crippen LogP contribution < -0.4 is 0 Å². The van der Waals surface area contributed by atoms with E-state index in [1.807, 2.05) is 31.4 Å². The summed E-state index contributed by atoms with van der Waals surface area (Å²) in [4.78, 5) is 15.1. The van der Waals surface area contributed by atoms with Crippen molar-refractivity contribution < 1.29 is 9.90 Å². The van der Waals surface area contributed by atoms with Gasteiger partial charge in [-0.1, -0.05) is 6.07 Å². The lowest BCUT2D eigenvalue weighted by atomic mass is 10.2. The van der Waals surface area contributed by atoms with Crippen LogP contribution in [0.2, 0.25) is 0 Å². The number of nitrogens with one attached hydrogen (secondary N) is 1. The molecule has 2 aromatic rings.